The molecule has 0 radical (unpaired) electrons. The van der Waals surface area contributed by atoms with Crippen molar-refractivity contribution in [2.75, 3.05) is 19.6 Å². The number of nitrogens with one attached hydrogen (secondary N) is 1. The zero-order valence-corrected chi connectivity index (χ0v) is 13.8. The summed E-state index contributed by atoms with van der Waals surface area (Å²) in [5.41, 5.74) is 2.88. The largest absolute Gasteiger partial charge is 0.307 e. The maximum Gasteiger partial charge on any atom is 0.0540 e. The van der Waals surface area contributed by atoms with E-state index in [1.54, 1.807) is 0 Å². The van der Waals surface area contributed by atoms with Gasteiger partial charge in [-0.2, -0.15) is 5.10 Å². The van der Waals surface area contributed by atoms with Crippen molar-refractivity contribution in [3.63, 3.8) is 0 Å². The number of nitrogens with zero attached hydrogens (tertiary/aromatic N) is 3. The fourth-order valence-electron chi connectivity index (χ4n) is 4.12. The number of rotatable bonds is 4. The minimum atomic E-state index is 0.509. The van der Waals surface area contributed by atoms with Crippen LogP contribution in [0.1, 0.15) is 56.8 Å². The fourth-order valence-corrected chi connectivity index (χ4v) is 4.12. The number of fused-ring (bicyclic) bond motifs is 1. The highest BCUT2D eigenvalue weighted by Gasteiger charge is 2.29. The summed E-state index contributed by atoms with van der Waals surface area (Å²) in [6, 6.07) is 1.10. The lowest BCUT2D eigenvalue weighted by molar-refractivity contribution is 0.151. The molecule has 2 heterocycles. The Morgan fingerprint density at radius 1 is 1.38 bits per heavy atom. The van der Waals surface area contributed by atoms with Crippen molar-refractivity contribution in [3.8, 4) is 0 Å². The topological polar surface area (TPSA) is 33.1 Å². The first-order chi connectivity index (χ1) is 10.2. The molecule has 3 unspecified atom stereocenters. The molecule has 0 bridgehead atoms. The Labute approximate surface area is 128 Å². The van der Waals surface area contributed by atoms with Crippen molar-refractivity contribution in [1.29, 1.82) is 0 Å². The van der Waals surface area contributed by atoms with Crippen LogP contribution in [0.25, 0.3) is 0 Å². The zero-order valence-electron chi connectivity index (χ0n) is 13.8. The third kappa shape index (κ3) is 3.16. The van der Waals surface area contributed by atoms with Gasteiger partial charge in [0.1, 0.15) is 0 Å². The molecule has 21 heavy (non-hydrogen) atoms. The minimum absolute atomic E-state index is 0.509. The summed E-state index contributed by atoms with van der Waals surface area (Å²) >= 11 is 0. The summed E-state index contributed by atoms with van der Waals surface area (Å²) < 4.78 is 2.06. The Morgan fingerprint density at radius 2 is 2.24 bits per heavy atom. The van der Waals surface area contributed by atoms with Crippen LogP contribution in [0.4, 0.5) is 0 Å². The average Bonchev–Trinajstić information content (AvgIpc) is 2.90. The van der Waals surface area contributed by atoms with Crippen LogP contribution in [0.15, 0.2) is 6.20 Å². The number of piperidine rings is 1. The second-order valence-electron chi connectivity index (χ2n) is 6.87. The minimum Gasteiger partial charge on any atom is -0.307 e. The van der Waals surface area contributed by atoms with Crippen molar-refractivity contribution in [2.45, 2.75) is 58.0 Å². The van der Waals surface area contributed by atoms with E-state index in [4.69, 9.17) is 0 Å². The molecule has 0 aromatic carbocycles. The fraction of sp³-hybridized carbons (Fsp3) is 0.824. The molecule has 1 N–H and O–H groups in total. The summed E-state index contributed by atoms with van der Waals surface area (Å²) in [6.45, 7) is 8.41. The van der Waals surface area contributed by atoms with E-state index in [9.17, 15) is 0 Å². The van der Waals surface area contributed by atoms with Gasteiger partial charge in [0.25, 0.3) is 0 Å². The van der Waals surface area contributed by atoms with E-state index < -0.39 is 0 Å². The third-order valence-electron chi connectivity index (χ3n) is 5.54. The van der Waals surface area contributed by atoms with E-state index >= 15 is 0 Å². The lowest BCUT2D eigenvalue weighted by atomic mass is 9.88. The van der Waals surface area contributed by atoms with Gasteiger partial charge in [0.2, 0.25) is 0 Å². The van der Waals surface area contributed by atoms with Crippen LogP contribution < -0.4 is 5.32 Å². The second kappa shape index (κ2) is 6.49. The molecule has 4 heteroatoms. The SMILES string of the molecule is CCN1CCCC(C(C)NC2CCCc3c2cnn3C)C1. The van der Waals surface area contributed by atoms with Crippen LogP contribution in [0, 0.1) is 5.92 Å². The quantitative estimate of drug-likeness (QED) is 0.925. The first kappa shape index (κ1) is 15.0. The van der Waals surface area contributed by atoms with E-state index in [-0.39, 0.29) is 0 Å². The molecule has 1 aromatic rings. The van der Waals surface area contributed by atoms with Crippen molar-refractivity contribution >= 4 is 0 Å². The molecule has 1 saturated heterocycles. The van der Waals surface area contributed by atoms with Crippen LogP contribution in [0.2, 0.25) is 0 Å². The first-order valence-corrected chi connectivity index (χ1v) is 8.68. The molecule has 1 aliphatic heterocycles. The number of hydrogen-bond acceptors (Lipinski definition) is 3. The smallest absolute Gasteiger partial charge is 0.0540 e. The predicted octanol–water partition coefficient (Wildman–Crippen LogP) is 2.51. The molecular formula is C17H30N4. The highest BCUT2D eigenvalue weighted by Crippen LogP contribution is 2.31. The van der Waals surface area contributed by atoms with Crippen LogP contribution in [-0.4, -0.2) is 40.4 Å². The molecule has 1 aliphatic carbocycles. The van der Waals surface area contributed by atoms with E-state index in [1.807, 2.05) is 0 Å². The number of likely N-dealkylation sites (tertiary alicyclic amines) is 1. The van der Waals surface area contributed by atoms with E-state index in [1.165, 1.54) is 63.0 Å². The van der Waals surface area contributed by atoms with E-state index in [0.717, 1.165) is 5.92 Å². The monoisotopic (exact) mass is 290 g/mol. The van der Waals surface area contributed by atoms with Gasteiger partial charge in [-0.15, -0.1) is 0 Å². The van der Waals surface area contributed by atoms with Crippen LogP contribution >= 0.6 is 0 Å². The van der Waals surface area contributed by atoms with Gasteiger partial charge in [-0.25, -0.2) is 0 Å². The molecule has 0 amide bonds. The van der Waals surface area contributed by atoms with Gasteiger partial charge in [0.05, 0.1) is 6.20 Å². The van der Waals surface area contributed by atoms with E-state index in [2.05, 4.69) is 47.1 Å². The molecule has 2 aliphatic rings. The summed E-state index contributed by atoms with van der Waals surface area (Å²) in [5, 5.41) is 8.38. The Hall–Kier alpha value is -0.870. The van der Waals surface area contributed by atoms with Crippen molar-refractivity contribution in [1.82, 2.24) is 20.0 Å². The maximum atomic E-state index is 4.46. The van der Waals surface area contributed by atoms with Gasteiger partial charge in [-0.05, 0) is 58.0 Å². The lowest BCUT2D eigenvalue weighted by Gasteiger charge is -2.37. The highest BCUT2D eigenvalue weighted by molar-refractivity contribution is 5.24. The normalized spacial score (nSPS) is 28.3. The van der Waals surface area contributed by atoms with Crippen molar-refractivity contribution in [3.05, 3.63) is 17.5 Å². The van der Waals surface area contributed by atoms with Crippen LogP contribution in [0.5, 0.6) is 0 Å². The molecule has 1 fully saturated rings. The first-order valence-electron chi connectivity index (χ1n) is 8.68. The van der Waals surface area contributed by atoms with Gasteiger partial charge in [-0.3, -0.25) is 4.68 Å². The molecule has 0 saturated carbocycles. The number of aromatic nitrogens is 2. The standard InChI is InChI=1S/C17H30N4/c1-4-21-10-6-7-14(12-21)13(2)19-16-8-5-9-17-15(16)11-18-20(17)3/h11,13-14,16,19H,4-10,12H2,1-3H3. The molecule has 118 valence electrons. The zero-order chi connectivity index (χ0) is 14.8. The van der Waals surface area contributed by atoms with Crippen molar-refractivity contribution in [2.24, 2.45) is 13.0 Å². The predicted molar refractivity (Wildman–Crippen MR) is 86.3 cm³/mol. The Bertz CT molecular complexity index is 467. The van der Waals surface area contributed by atoms with Gasteiger partial charge < -0.3 is 10.2 Å². The van der Waals surface area contributed by atoms with Gasteiger partial charge in [0, 0.05) is 36.9 Å². The Balaban J connectivity index is 1.64. The summed E-state index contributed by atoms with van der Waals surface area (Å²) in [6.07, 6.45) is 8.53. The average molecular weight is 290 g/mol. The van der Waals surface area contributed by atoms with Crippen LogP contribution in [-0.2, 0) is 13.5 Å². The number of hydrogen-bond donors (Lipinski definition) is 1. The van der Waals surface area contributed by atoms with E-state index in [0.29, 0.717) is 12.1 Å². The molecule has 4 nitrogen and oxygen atoms in total. The molecule has 3 atom stereocenters. The maximum absolute atomic E-state index is 4.46. The van der Waals surface area contributed by atoms with Gasteiger partial charge in [-0.1, -0.05) is 6.92 Å². The molecule has 0 spiro atoms. The molecule has 3 rings (SSSR count). The molecular weight excluding hydrogens is 260 g/mol. The van der Waals surface area contributed by atoms with Gasteiger partial charge >= 0.3 is 0 Å². The summed E-state index contributed by atoms with van der Waals surface area (Å²) in [5.74, 6) is 0.792. The lowest BCUT2D eigenvalue weighted by Crippen LogP contribution is -2.45. The summed E-state index contributed by atoms with van der Waals surface area (Å²) in [4.78, 5) is 2.60. The highest BCUT2D eigenvalue weighted by atomic mass is 15.3. The molecule has 1 aromatic heterocycles. The third-order valence-corrected chi connectivity index (χ3v) is 5.54. The van der Waals surface area contributed by atoms with Crippen molar-refractivity contribution < 1.29 is 0 Å². The van der Waals surface area contributed by atoms with Gasteiger partial charge in [0.15, 0.2) is 0 Å². The van der Waals surface area contributed by atoms with Crippen LogP contribution in [0.3, 0.4) is 0 Å². The number of aryl methyl sites for hydroxylation is 1. The Morgan fingerprint density at radius 3 is 3.05 bits per heavy atom. The Kier molecular flexibility index (Phi) is 4.65. The second-order valence-corrected chi connectivity index (χ2v) is 6.87. The summed E-state index contributed by atoms with van der Waals surface area (Å²) in [7, 11) is 2.07.